The first-order valence-corrected chi connectivity index (χ1v) is 10.0. The molecule has 0 bridgehead atoms. The lowest BCUT2D eigenvalue weighted by molar-refractivity contribution is 0.0718. The fourth-order valence-corrected chi connectivity index (χ4v) is 3.59. The van der Waals surface area contributed by atoms with Gasteiger partial charge in [-0.3, -0.25) is 9.59 Å². The lowest BCUT2D eigenvalue weighted by atomic mass is 10.1. The summed E-state index contributed by atoms with van der Waals surface area (Å²) >= 11 is 0. The topological polar surface area (TPSA) is 77.5 Å². The summed E-state index contributed by atoms with van der Waals surface area (Å²) in [5.74, 6) is 1.98. The average molecular weight is 428 g/mol. The Morgan fingerprint density at radius 2 is 1.19 bits per heavy atom. The van der Waals surface area contributed by atoms with Gasteiger partial charge in [0.2, 0.25) is 0 Å². The number of rotatable bonds is 6. The maximum Gasteiger partial charge on any atom is 0.254 e. The molecule has 0 unspecified atom stereocenters. The van der Waals surface area contributed by atoms with Gasteiger partial charge in [0.15, 0.2) is 11.5 Å². The standard InChI is InChI=1S/C23H28N2O6/c1-28-18-12-17(13-19(15-18)29-2)23(27)25-9-5-8-24(10-11-25)22(26)16-6-7-20(30-3)21(14-16)31-4/h6-7,12-15H,5,8-11H2,1-4H3. The molecule has 8 heteroatoms. The van der Waals surface area contributed by atoms with E-state index in [-0.39, 0.29) is 11.8 Å². The zero-order valence-electron chi connectivity index (χ0n) is 18.3. The lowest BCUT2D eigenvalue weighted by Gasteiger charge is -2.23. The van der Waals surface area contributed by atoms with Crippen molar-refractivity contribution in [1.29, 1.82) is 0 Å². The van der Waals surface area contributed by atoms with Crippen LogP contribution < -0.4 is 18.9 Å². The fourth-order valence-electron chi connectivity index (χ4n) is 3.59. The van der Waals surface area contributed by atoms with E-state index in [0.29, 0.717) is 66.7 Å². The maximum atomic E-state index is 13.1. The van der Waals surface area contributed by atoms with E-state index in [0.717, 1.165) is 0 Å². The highest BCUT2D eigenvalue weighted by Gasteiger charge is 2.25. The van der Waals surface area contributed by atoms with Gasteiger partial charge in [-0.1, -0.05) is 0 Å². The van der Waals surface area contributed by atoms with Crippen LogP contribution in [0.15, 0.2) is 36.4 Å². The number of ether oxygens (including phenoxy) is 4. The zero-order valence-corrected chi connectivity index (χ0v) is 18.3. The number of hydrogen-bond acceptors (Lipinski definition) is 6. The average Bonchev–Trinajstić information content (AvgIpc) is 3.08. The number of carbonyl (C=O) groups is 2. The molecule has 1 fully saturated rings. The van der Waals surface area contributed by atoms with Crippen LogP contribution in [0.3, 0.4) is 0 Å². The Bertz CT molecular complexity index is 923. The molecule has 1 saturated heterocycles. The number of benzene rings is 2. The third-order valence-corrected chi connectivity index (χ3v) is 5.30. The Morgan fingerprint density at radius 1 is 0.645 bits per heavy atom. The quantitative estimate of drug-likeness (QED) is 0.704. The van der Waals surface area contributed by atoms with E-state index >= 15 is 0 Å². The molecule has 0 atom stereocenters. The number of carbonyl (C=O) groups excluding carboxylic acids is 2. The summed E-state index contributed by atoms with van der Waals surface area (Å²) in [7, 11) is 6.19. The van der Waals surface area contributed by atoms with Crippen LogP contribution in [-0.4, -0.2) is 76.2 Å². The van der Waals surface area contributed by atoms with Gasteiger partial charge in [-0.05, 0) is 36.8 Å². The molecular weight excluding hydrogens is 400 g/mol. The van der Waals surface area contributed by atoms with Gasteiger partial charge in [0.1, 0.15) is 11.5 Å². The van der Waals surface area contributed by atoms with Crippen molar-refractivity contribution in [3.8, 4) is 23.0 Å². The van der Waals surface area contributed by atoms with Crippen molar-refractivity contribution in [2.24, 2.45) is 0 Å². The van der Waals surface area contributed by atoms with E-state index < -0.39 is 0 Å². The summed E-state index contributed by atoms with van der Waals surface area (Å²) in [5, 5.41) is 0. The van der Waals surface area contributed by atoms with Crippen LogP contribution in [0.5, 0.6) is 23.0 Å². The van der Waals surface area contributed by atoms with Crippen molar-refractivity contribution in [2.45, 2.75) is 6.42 Å². The van der Waals surface area contributed by atoms with Crippen LogP contribution in [0.4, 0.5) is 0 Å². The molecule has 31 heavy (non-hydrogen) atoms. The Kier molecular flexibility index (Phi) is 7.23. The van der Waals surface area contributed by atoms with Crippen LogP contribution >= 0.6 is 0 Å². The molecule has 0 N–H and O–H groups in total. The molecule has 8 nitrogen and oxygen atoms in total. The van der Waals surface area contributed by atoms with E-state index in [1.807, 2.05) is 0 Å². The van der Waals surface area contributed by atoms with Crippen LogP contribution in [0.25, 0.3) is 0 Å². The van der Waals surface area contributed by atoms with Gasteiger partial charge in [0, 0.05) is 43.4 Å². The minimum Gasteiger partial charge on any atom is -0.497 e. The third kappa shape index (κ3) is 5.02. The van der Waals surface area contributed by atoms with Gasteiger partial charge in [-0.2, -0.15) is 0 Å². The van der Waals surface area contributed by atoms with Gasteiger partial charge in [-0.25, -0.2) is 0 Å². The first-order chi connectivity index (χ1) is 15.0. The molecule has 2 amide bonds. The second-order valence-corrected chi connectivity index (χ2v) is 7.11. The summed E-state index contributed by atoms with van der Waals surface area (Å²) in [5.41, 5.74) is 1.02. The van der Waals surface area contributed by atoms with Crippen molar-refractivity contribution in [2.75, 3.05) is 54.6 Å². The van der Waals surface area contributed by atoms with Crippen molar-refractivity contribution in [1.82, 2.24) is 9.80 Å². The van der Waals surface area contributed by atoms with Crippen LogP contribution in [0, 0.1) is 0 Å². The fraction of sp³-hybridized carbons (Fsp3) is 0.391. The summed E-state index contributed by atoms with van der Waals surface area (Å²) in [4.78, 5) is 29.6. The molecule has 0 spiro atoms. The highest BCUT2D eigenvalue weighted by atomic mass is 16.5. The van der Waals surface area contributed by atoms with E-state index in [9.17, 15) is 9.59 Å². The highest BCUT2D eigenvalue weighted by Crippen LogP contribution is 2.28. The number of amides is 2. The van der Waals surface area contributed by atoms with Crippen molar-refractivity contribution < 1.29 is 28.5 Å². The molecule has 2 aromatic rings. The molecular formula is C23H28N2O6. The molecule has 1 aliphatic rings. The Labute approximate surface area is 182 Å². The summed E-state index contributed by atoms with van der Waals surface area (Å²) in [6, 6.07) is 10.2. The largest absolute Gasteiger partial charge is 0.497 e. The van der Waals surface area contributed by atoms with Crippen molar-refractivity contribution in [3.05, 3.63) is 47.5 Å². The molecule has 2 aromatic carbocycles. The van der Waals surface area contributed by atoms with Gasteiger partial charge >= 0.3 is 0 Å². The lowest BCUT2D eigenvalue weighted by Crippen LogP contribution is -2.37. The van der Waals surface area contributed by atoms with E-state index in [4.69, 9.17) is 18.9 Å². The van der Waals surface area contributed by atoms with E-state index in [1.165, 1.54) is 7.11 Å². The van der Waals surface area contributed by atoms with Crippen LogP contribution in [-0.2, 0) is 0 Å². The zero-order chi connectivity index (χ0) is 22.4. The summed E-state index contributed by atoms with van der Waals surface area (Å²) in [6.07, 6.45) is 0.686. The van der Waals surface area contributed by atoms with Crippen LogP contribution in [0.1, 0.15) is 27.1 Å². The number of methoxy groups -OCH3 is 4. The molecule has 1 aliphatic heterocycles. The second kappa shape index (κ2) is 10.1. The monoisotopic (exact) mass is 428 g/mol. The molecule has 0 radical (unpaired) electrons. The van der Waals surface area contributed by atoms with Crippen molar-refractivity contribution >= 4 is 11.8 Å². The number of hydrogen-bond donors (Lipinski definition) is 0. The highest BCUT2D eigenvalue weighted by molar-refractivity contribution is 5.96. The summed E-state index contributed by atoms with van der Waals surface area (Å²) < 4.78 is 21.1. The number of nitrogens with zero attached hydrogens (tertiary/aromatic N) is 2. The smallest absolute Gasteiger partial charge is 0.254 e. The normalized spacial score (nSPS) is 13.9. The predicted molar refractivity (Wildman–Crippen MR) is 116 cm³/mol. The van der Waals surface area contributed by atoms with Gasteiger partial charge < -0.3 is 28.7 Å². The second-order valence-electron chi connectivity index (χ2n) is 7.11. The van der Waals surface area contributed by atoms with Gasteiger partial charge in [0.25, 0.3) is 11.8 Å². The van der Waals surface area contributed by atoms with Gasteiger partial charge in [0.05, 0.1) is 28.4 Å². The molecule has 1 heterocycles. The molecule has 166 valence electrons. The van der Waals surface area contributed by atoms with E-state index in [2.05, 4.69) is 0 Å². The SMILES string of the molecule is COc1cc(OC)cc(C(=O)N2CCCN(C(=O)c3ccc(OC)c(OC)c3)CC2)c1. The van der Waals surface area contributed by atoms with Crippen molar-refractivity contribution in [3.63, 3.8) is 0 Å². The van der Waals surface area contributed by atoms with Gasteiger partial charge in [-0.15, -0.1) is 0 Å². The molecule has 0 aliphatic carbocycles. The minimum atomic E-state index is -0.113. The van der Waals surface area contributed by atoms with E-state index in [1.54, 1.807) is 67.5 Å². The summed E-state index contributed by atoms with van der Waals surface area (Å²) in [6.45, 7) is 2.02. The maximum absolute atomic E-state index is 13.1. The minimum absolute atomic E-state index is 0.0988. The van der Waals surface area contributed by atoms with Crippen LogP contribution in [0.2, 0.25) is 0 Å². The predicted octanol–water partition coefficient (Wildman–Crippen LogP) is 2.71. The first-order valence-electron chi connectivity index (χ1n) is 10.0. The Hall–Kier alpha value is -3.42. The third-order valence-electron chi connectivity index (χ3n) is 5.30. The molecule has 0 aromatic heterocycles. The first kappa shape index (κ1) is 22.3. The Balaban J connectivity index is 1.72. The molecule has 3 rings (SSSR count). The molecule has 0 saturated carbocycles. The Morgan fingerprint density at radius 3 is 1.71 bits per heavy atom.